The van der Waals surface area contributed by atoms with Crippen molar-refractivity contribution in [3.8, 4) is 0 Å². The lowest BCUT2D eigenvalue weighted by atomic mass is 10.2. The smallest absolute Gasteiger partial charge is 0.0837 e. The fourth-order valence-corrected chi connectivity index (χ4v) is 2.15. The molecule has 0 radical (unpaired) electrons. The topological polar surface area (TPSA) is 30.3 Å². The summed E-state index contributed by atoms with van der Waals surface area (Å²) in [5.41, 5.74) is 1.29. The van der Waals surface area contributed by atoms with Crippen LogP contribution in [0.3, 0.4) is 0 Å². The number of alkyl halides is 1. The molecule has 2 rings (SSSR count). The largest absolute Gasteiger partial charge is 0.374 e. The van der Waals surface area contributed by atoms with Gasteiger partial charge in [0.1, 0.15) is 0 Å². The van der Waals surface area contributed by atoms with Gasteiger partial charge < -0.3 is 4.74 Å². The maximum absolute atomic E-state index is 5.80. The summed E-state index contributed by atoms with van der Waals surface area (Å²) in [6, 6.07) is 0. The summed E-state index contributed by atoms with van der Waals surface area (Å²) in [7, 11) is 1.95. The first-order valence-electron chi connectivity index (χ1n) is 5.65. The van der Waals surface area contributed by atoms with Crippen molar-refractivity contribution in [2.75, 3.05) is 32.1 Å². The van der Waals surface area contributed by atoms with Crippen LogP contribution in [0.25, 0.3) is 0 Å². The van der Waals surface area contributed by atoms with Crippen molar-refractivity contribution in [3.05, 3.63) is 18.0 Å². The van der Waals surface area contributed by atoms with Gasteiger partial charge in [-0.3, -0.25) is 9.58 Å². The Morgan fingerprint density at radius 2 is 2.50 bits per heavy atom. The molecule has 2 heterocycles. The Hall–Kier alpha value is -0.580. The van der Waals surface area contributed by atoms with E-state index in [-0.39, 0.29) is 6.10 Å². The van der Waals surface area contributed by atoms with Crippen LogP contribution < -0.4 is 0 Å². The fraction of sp³-hybridized carbons (Fsp3) is 0.727. The van der Waals surface area contributed by atoms with E-state index in [4.69, 9.17) is 16.3 Å². The van der Waals surface area contributed by atoms with E-state index in [0.717, 1.165) is 32.7 Å². The third kappa shape index (κ3) is 3.20. The average Bonchev–Trinajstić information content (AvgIpc) is 2.73. The Balaban J connectivity index is 1.77. The van der Waals surface area contributed by atoms with Crippen LogP contribution >= 0.6 is 11.6 Å². The second kappa shape index (κ2) is 5.66. The zero-order valence-corrected chi connectivity index (χ0v) is 10.4. The molecule has 1 unspecified atom stereocenters. The number of hydrogen-bond acceptors (Lipinski definition) is 3. The maximum Gasteiger partial charge on any atom is 0.0837 e. The normalized spacial score (nSPS) is 22.5. The van der Waals surface area contributed by atoms with Crippen LogP contribution in [-0.4, -0.2) is 52.9 Å². The highest BCUT2D eigenvalue weighted by atomic mass is 35.5. The number of rotatable bonds is 4. The number of hydrogen-bond donors (Lipinski definition) is 0. The summed E-state index contributed by atoms with van der Waals surface area (Å²) in [6.07, 6.45) is 5.24. The molecule has 0 amide bonds. The summed E-state index contributed by atoms with van der Waals surface area (Å²) in [6.45, 7) is 3.81. The van der Waals surface area contributed by atoms with E-state index in [1.165, 1.54) is 5.56 Å². The molecular formula is C11H18ClN3O. The fourth-order valence-electron chi connectivity index (χ4n) is 1.97. The first-order chi connectivity index (χ1) is 7.78. The van der Waals surface area contributed by atoms with E-state index in [1.807, 2.05) is 17.9 Å². The van der Waals surface area contributed by atoms with Crippen LogP contribution in [0.1, 0.15) is 5.56 Å². The number of halogens is 1. The first kappa shape index (κ1) is 11.9. The minimum atomic E-state index is 0.198. The van der Waals surface area contributed by atoms with Gasteiger partial charge in [0.05, 0.1) is 18.9 Å². The summed E-state index contributed by atoms with van der Waals surface area (Å²) in [4.78, 5) is 2.41. The number of aromatic nitrogens is 2. The molecule has 0 aromatic carbocycles. The van der Waals surface area contributed by atoms with Crippen LogP contribution in [0.2, 0.25) is 0 Å². The molecule has 5 heteroatoms. The molecule has 1 aliphatic rings. The second-order valence-corrected chi connectivity index (χ2v) is 4.53. The first-order valence-corrected chi connectivity index (χ1v) is 6.19. The van der Waals surface area contributed by atoms with Gasteiger partial charge in [0, 0.05) is 38.8 Å². The standard InChI is InChI=1S/C11H18ClN3O/c1-14-8-10(7-13-14)2-3-15-4-5-16-11(6-12)9-15/h7-8,11H,2-6,9H2,1H3. The van der Waals surface area contributed by atoms with Crippen molar-refractivity contribution in [2.24, 2.45) is 7.05 Å². The third-order valence-electron chi connectivity index (χ3n) is 2.87. The molecule has 0 aliphatic carbocycles. The summed E-state index contributed by atoms with van der Waals surface area (Å²) in [5.74, 6) is 0.587. The molecule has 0 bridgehead atoms. The molecule has 0 saturated carbocycles. The Bertz CT molecular complexity index is 329. The molecular weight excluding hydrogens is 226 g/mol. The minimum Gasteiger partial charge on any atom is -0.374 e. The van der Waals surface area contributed by atoms with Crippen molar-refractivity contribution in [2.45, 2.75) is 12.5 Å². The van der Waals surface area contributed by atoms with Crippen molar-refractivity contribution < 1.29 is 4.74 Å². The quantitative estimate of drug-likeness (QED) is 0.737. The predicted molar refractivity (Wildman–Crippen MR) is 63.8 cm³/mol. The lowest BCUT2D eigenvalue weighted by Gasteiger charge is -2.31. The Labute approximate surface area is 101 Å². The Kier molecular flexibility index (Phi) is 4.21. The Morgan fingerprint density at radius 3 is 3.19 bits per heavy atom. The third-order valence-corrected chi connectivity index (χ3v) is 3.21. The number of morpholine rings is 1. The maximum atomic E-state index is 5.80. The highest BCUT2D eigenvalue weighted by Crippen LogP contribution is 2.08. The van der Waals surface area contributed by atoms with Gasteiger partial charge >= 0.3 is 0 Å². The summed E-state index contributed by atoms with van der Waals surface area (Å²) in [5, 5.41) is 4.16. The van der Waals surface area contributed by atoms with Crippen LogP contribution in [0, 0.1) is 0 Å². The van der Waals surface area contributed by atoms with Crippen molar-refractivity contribution >= 4 is 11.6 Å². The van der Waals surface area contributed by atoms with Gasteiger partial charge in [-0.25, -0.2) is 0 Å². The average molecular weight is 244 g/mol. The van der Waals surface area contributed by atoms with E-state index < -0.39 is 0 Å². The van der Waals surface area contributed by atoms with Crippen LogP contribution in [-0.2, 0) is 18.2 Å². The highest BCUT2D eigenvalue weighted by molar-refractivity contribution is 6.18. The predicted octanol–water partition coefficient (Wildman–Crippen LogP) is 0.902. The molecule has 1 aromatic rings. The van der Waals surface area contributed by atoms with Crippen LogP contribution in [0.4, 0.5) is 0 Å². The van der Waals surface area contributed by atoms with Crippen molar-refractivity contribution in [1.29, 1.82) is 0 Å². The molecule has 0 spiro atoms. The van der Waals surface area contributed by atoms with E-state index in [1.54, 1.807) is 0 Å². The molecule has 1 atom stereocenters. The Morgan fingerprint density at radius 1 is 1.62 bits per heavy atom. The van der Waals surface area contributed by atoms with E-state index in [9.17, 15) is 0 Å². The number of ether oxygens (including phenoxy) is 1. The molecule has 1 aromatic heterocycles. The van der Waals surface area contributed by atoms with E-state index in [0.29, 0.717) is 5.88 Å². The highest BCUT2D eigenvalue weighted by Gasteiger charge is 2.19. The number of aryl methyl sites for hydroxylation is 1. The molecule has 1 saturated heterocycles. The minimum absolute atomic E-state index is 0.198. The van der Waals surface area contributed by atoms with Crippen molar-refractivity contribution in [3.63, 3.8) is 0 Å². The van der Waals surface area contributed by atoms with Crippen LogP contribution in [0.5, 0.6) is 0 Å². The summed E-state index contributed by atoms with van der Waals surface area (Å²) >= 11 is 5.80. The van der Waals surface area contributed by atoms with Gasteiger partial charge in [0.15, 0.2) is 0 Å². The second-order valence-electron chi connectivity index (χ2n) is 4.22. The lowest BCUT2D eigenvalue weighted by molar-refractivity contribution is -0.0159. The lowest BCUT2D eigenvalue weighted by Crippen LogP contribution is -2.43. The SMILES string of the molecule is Cn1cc(CCN2CCOC(CCl)C2)cn1. The van der Waals surface area contributed by atoms with Gasteiger partial charge in [-0.1, -0.05) is 0 Å². The molecule has 4 nitrogen and oxygen atoms in total. The molecule has 90 valence electrons. The van der Waals surface area contributed by atoms with Gasteiger partial charge in [-0.2, -0.15) is 5.10 Å². The van der Waals surface area contributed by atoms with Crippen LogP contribution in [0.15, 0.2) is 12.4 Å². The monoisotopic (exact) mass is 243 g/mol. The molecule has 0 N–H and O–H groups in total. The zero-order chi connectivity index (χ0) is 11.4. The van der Waals surface area contributed by atoms with Gasteiger partial charge in [0.2, 0.25) is 0 Å². The van der Waals surface area contributed by atoms with Gasteiger partial charge in [-0.05, 0) is 12.0 Å². The zero-order valence-electron chi connectivity index (χ0n) is 9.60. The number of nitrogens with zero attached hydrogens (tertiary/aromatic N) is 3. The summed E-state index contributed by atoms with van der Waals surface area (Å²) < 4.78 is 7.37. The van der Waals surface area contributed by atoms with E-state index >= 15 is 0 Å². The van der Waals surface area contributed by atoms with Crippen molar-refractivity contribution in [1.82, 2.24) is 14.7 Å². The molecule has 1 fully saturated rings. The van der Waals surface area contributed by atoms with E-state index in [2.05, 4.69) is 16.2 Å². The molecule has 1 aliphatic heterocycles. The van der Waals surface area contributed by atoms with Gasteiger partial charge in [-0.15, -0.1) is 11.6 Å². The molecule has 16 heavy (non-hydrogen) atoms. The van der Waals surface area contributed by atoms with Gasteiger partial charge in [0.25, 0.3) is 0 Å².